The zero-order valence-electron chi connectivity index (χ0n) is 15.7. The number of hydrogen-bond donors (Lipinski definition) is 1. The van der Waals surface area contributed by atoms with Crippen LogP contribution in [0.3, 0.4) is 0 Å². The van der Waals surface area contributed by atoms with Crippen LogP contribution in [0.5, 0.6) is 0 Å². The first-order valence-corrected chi connectivity index (χ1v) is 10.9. The van der Waals surface area contributed by atoms with Gasteiger partial charge in [0.15, 0.2) is 0 Å². The number of anilines is 1. The Morgan fingerprint density at radius 1 is 1.07 bits per heavy atom. The molecular weight excluding hydrogens is 405 g/mol. The Labute approximate surface area is 167 Å². The number of halogens is 3. The summed E-state index contributed by atoms with van der Waals surface area (Å²) in [5.74, 6) is -0.341. The molecule has 0 aromatic heterocycles. The van der Waals surface area contributed by atoms with Gasteiger partial charge in [0, 0.05) is 12.6 Å². The van der Waals surface area contributed by atoms with Crippen molar-refractivity contribution in [1.29, 1.82) is 0 Å². The summed E-state index contributed by atoms with van der Waals surface area (Å²) >= 11 is 0. The third kappa shape index (κ3) is 5.72. The zero-order valence-corrected chi connectivity index (χ0v) is 16.6. The molecule has 1 saturated carbocycles. The lowest BCUT2D eigenvalue weighted by molar-refractivity contribution is -0.140. The third-order valence-electron chi connectivity index (χ3n) is 4.63. The summed E-state index contributed by atoms with van der Waals surface area (Å²) < 4.78 is 65.4. The van der Waals surface area contributed by atoms with Crippen molar-refractivity contribution in [2.75, 3.05) is 11.0 Å². The minimum Gasteiger partial charge on any atom is -0.335 e. The number of para-hydroxylation sites is 1. The van der Waals surface area contributed by atoms with Gasteiger partial charge < -0.3 is 4.90 Å². The van der Waals surface area contributed by atoms with Crippen molar-refractivity contribution in [3.63, 3.8) is 0 Å². The molecule has 0 atom stereocenters. The Bertz CT molecular complexity index is 1000. The molecule has 0 radical (unpaired) electrons. The normalized spacial score (nSPS) is 14.5. The summed E-state index contributed by atoms with van der Waals surface area (Å²) in [6, 6.07) is 11.6. The fourth-order valence-electron chi connectivity index (χ4n) is 3.16. The van der Waals surface area contributed by atoms with E-state index in [9.17, 15) is 26.4 Å². The van der Waals surface area contributed by atoms with E-state index in [2.05, 4.69) is 4.72 Å². The largest absolute Gasteiger partial charge is 0.416 e. The van der Waals surface area contributed by atoms with Crippen molar-refractivity contribution in [2.24, 2.45) is 0 Å². The minimum atomic E-state index is -4.50. The molecule has 0 unspecified atom stereocenters. The van der Waals surface area contributed by atoms with Gasteiger partial charge in [-0.3, -0.25) is 9.52 Å². The van der Waals surface area contributed by atoms with Crippen molar-refractivity contribution in [3.05, 3.63) is 65.2 Å². The van der Waals surface area contributed by atoms with E-state index in [1.807, 2.05) is 0 Å². The fraction of sp³-hybridized carbons (Fsp3) is 0.350. The molecule has 5 nitrogen and oxygen atoms in total. The molecule has 1 aliphatic rings. The van der Waals surface area contributed by atoms with Crippen LogP contribution in [0.4, 0.5) is 18.9 Å². The van der Waals surface area contributed by atoms with Crippen LogP contribution in [0.25, 0.3) is 0 Å². The maximum absolute atomic E-state index is 13.3. The molecule has 156 valence electrons. The molecule has 3 rings (SSSR count). The summed E-state index contributed by atoms with van der Waals surface area (Å²) in [4.78, 5) is 14.4. The molecule has 9 heteroatoms. The number of alkyl halides is 3. The van der Waals surface area contributed by atoms with Gasteiger partial charge in [0.2, 0.25) is 15.9 Å². The lowest BCUT2D eigenvalue weighted by Crippen LogP contribution is -2.34. The van der Waals surface area contributed by atoms with Crippen molar-refractivity contribution in [2.45, 2.75) is 38.0 Å². The van der Waals surface area contributed by atoms with Crippen LogP contribution < -0.4 is 4.72 Å². The number of carbonyl (C=O) groups excluding carboxylic acids is 1. The topological polar surface area (TPSA) is 66.5 Å². The quantitative estimate of drug-likeness (QED) is 0.732. The van der Waals surface area contributed by atoms with Gasteiger partial charge in [-0.1, -0.05) is 36.4 Å². The predicted octanol–water partition coefficient (Wildman–Crippen LogP) is 3.81. The van der Waals surface area contributed by atoms with Gasteiger partial charge in [0.05, 0.1) is 23.9 Å². The van der Waals surface area contributed by atoms with E-state index in [4.69, 9.17) is 0 Å². The monoisotopic (exact) mass is 426 g/mol. The second kappa shape index (κ2) is 8.06. The number of sulfonamides is 1. The Balaban J connectivity index is 1.83. The smallest absolute Gasteiger partial charge is 0.335 e. The van der Waals surface area contributed by atoms with Crippen LogP contribution in [0.2, 0.25) is 0 Å². The summed E-state index contributed by atoms with van der Waals surface area (Å²) in [7, 11) is -3.53. The lowest BCUT2D eigenvalue weighted by atomic mass is 10.1. The van der Waals surface area contributed by atoms with Crippen LogP contribution in [0, 0.1) is 0 Å². The van der Waals surface area contributed by atoms with Crippen molar-refractivity contribution in [3.8, 4) is 0 Å². The van der Waals surface area contributed by atoms with Gasteiger partial charge in [-0.05, 0) is 36.1 Å². The minimum absolute atomic E-state index is 0.0443. The van der Waals surface area contributed by atoms with E-state index in [0.29, 0.717) is 5.56 Å². The molecule has 1 aliphatic carbocycles. The average molecular weight is 426 g/mol. The molecule has 29 heavy (non-hydrogen) atoms. The van der Waals surface area contributed by atoms with Crippen LogP contribution in [-0.4, -0.2) is 31.5 Å². The number of nitrogens with one attached hydrogen (secondary N) is 1. The highest BCUT2D eigenvalue weighted by Crippen LogP contribution is 2.35. The van der Waals surface area contributed by atoms with E-state index in [1.54, 1.807) is 24.3 Å². The number of amides is 1. The average Bonchev–Trinajstić information content (AvgIpc) is 3.44. The molecule has 1 N–H and O–H groups in total. The molecule has 2 aromatic carbocycles. The Kier molecular flexibility index (Phi) is 5.88. The summed E-state index contributed by atoms with van der Waals surface area (Å²) in [6.07, 6.45) is -2.12. The maximum atomic E-state index is 13.3. The first-order valence-electron chi connectivity index (χ1n) is 9.05. The van der Waals surface area contributed by atoms with E-state index in [-0.39, 0.29) is 36.2 Å². The highest BCUT2D eigenvalue weighted by Gasteiger charge is 2.37. The number of rotatable bonds is 7. The van der Waals surface area contributed by atoms with E-state index in [0.717, 1.165) is 25.2 Å². The summed E-state index contributed by atoms with van der Waals surface area (Å²) in [5, 5.41) is 0. The molecule has 0 heterocycles. The Morgan fingerprint density at radius 3 is 2.24 bits per heavy atom. The number of carbonyl (C=O) groups is 1. The van der Waals surface area contributed by atoms with E-state index >= 15 is 0 Å². The molecule has 0 aliphatic heterocycles. The van der Waals surface area contributed by atoms with Gasteiger partial charge >= 0.3 is 6.18 Å². The van der Waals surface area contributed by atoms with Gasteiger partial charge in [-0.15, -0.1) is 0 Å². The van der Waals surface area contributed by atoms with Gasteiger partial charge in [0.1, 0.15) is 0 Å². The van der Waals surface area contributed by atoms with Crippen molar-refractivity contribution in [1.82, 2.24) is 4.90 Å². The molecule has 0 saturated heterocycles. The molecule has 0 spiro atoms. The van der Waals surface area contributed by atoms with E-state index < -0.39 is 21.8 Å². The predicted molar refractivity (Wildman–Crippen MR) is 104 cm³/mol. The first-order chi connectivity index (χ1) is 13.5. The summed E-state index contributed by atoms with van der Waals surface area (Å²) in [5.41, 5.74) is 0.0489. The highest BCUT2D eigenvalue weighted by molar-refractivity contribution is 7.92. The number of nitrogens with zero attached hydrogens (tertiary/aromatic N) is 1. The first kappa shape index (κ1) is 21.2. The van der Waals surface area contributed by atoms with Crippen LogP contribution in [0.15, 0.2) is 48.5 Å². The SMILES string of the molecule is CS(=O)(=O)Nc1ccccc1CC(=O)N(Cc1ccccc1C(F)(F)F)C1CC1. The molecule has 1 amide bonds. The highest BCUT2D eigenvalue weighted by atomic mass is 32.2. The van der Waals surface area contributed by atoms with Gasteiger partial charge in [-0.2, -0.15) is 13.2 Å². The van der Waals surface area contributed by atoms with Crippen LogP contribution in [-0.2, 0) is 34.0 Å². The Morgan fingerprint density at radius 2 is 1.66 bits per heavy atom. The van der Waals surface area contributed by atoms with Gasteiger partial charge in [-0.25, -0.2) is 8.42 Å². The Hall–Kier alpha value is -2.55. The zero-order chi connectivity index (χ0) is 21.2. The maximum Gasteiger partial charge on any atom is 0.416 e. The van der Waals surface area contributed by atoms with Gasteiger partial charge in [0.25, 0.3) is 0 Å². The number of benzene rings is 2. The standard InChI is InChI=1S/C20H21F3N2O3S/c1-29(27,28)24-18-9-5-3-6-14(18)12-19(26)25(16-10-11-16)13-15-7-2-4-8-17(15)20(21,22)23/h2-9,16,24H,10-13H2,1H3. The van der Waals surface area contributed by atoms with Crippen LogP contribution in [0.1, 0.15) is 29.5 Å². The summed E-state index contributed by atoms with van der Waals surface area (Å²) in [6.45, 7) is -0.138. The molecule has 1 fully saturated rings. The molecule has 0 bridgehead atoms. The fourth-order valence-corrected chi connectivity index (χ4v) is 3.76. The molecular formula is C20H21F3N2O3S. The number of hydrogen-bond acceptors (Lipinski definition) is 3. The van der Waals surface area contributed by atoms with E-state index in [1.165, 1.54) is 23.1 Å². The molecule has 2 aromatic rings. The van der Waals surface area contributed by atoms with Crippen molar-refractivity contribution >= 4 is 21.6 Å². The lowest BCUT2D eigenvalue weighted by Gasteiger charge is -2.25. The third-order valence-corrected chi connectivity index (χ3v) is 5.22. The second-order valence-corrected chi connectivity index (χ2v) is 8.86. The van der Waals surface area contributed by atoms with Crippen molar-refractivity contribution < 1.29 is 26.4 Å². The van der Waals surface area contributed by atoms with Crippen LogP contribution >= 0.6 is 0 Å². The second-order valence-electron chi connectivity index (χ2n) is 7.12.